The molecule has 2 aliphatic heterocycles. The van der Waals surface area contributed by atoms with E-state index in [9.17, 15) is 4.79 Å². The first-order valence-electron chi connectivity index (χ1n) is 8.14. The molecule has 0 aromatic heterocycles. The third kappa shape index (κ3) is 3.19. The number of aliphatic imine (C=N–C) groups is 1. The van der Waals surface area contributed by atoms with Crippen molar-refractivity contribution < 1.29 is 4.79 Å². The molecule has 1 aromatic rings. The van der Waals surface area contributed by atoms with Gasteiger partial charge in [-0.3, -0.25) is 10.2 Å². The number of nitrogens with zero attached hydrogens (tertiary/aromatic N) is 2. The number of amidine groups is 1. The van der Waals surface area contributed by atoms with Crippen LogP contribution in [0, 0.1) is 5.92 Å². The molecular weight excluding hydrogens is 326 g/mol. The predicted molar refractivity (Wildman–Crippen MR) is 95.4 cm³/mol. The molecule has 3 rings (SSSR count). The van der Waals surface area contributed by atoms with Crippen LogP contribution in [0.1, 0.15) is 26.3 Å². The molecule has 0 spiro atoms. The second-order valence-corrected chi connectivity index (χ2v) is 6.61. The minimum atomic E-state index is -0.333. The maximum absolute atomic E-state index is 12.6. The van der Waals surface area contributed by atoms with E-state index in [0.717, 1.165) is 23.6 Å². The van der Waals surface area contributed by atoms with Crippen molar-refractivity contribution in [1.82, 2.24) is 20.9 Å². The lowest BCUT2D eigenvalue weighted by Crippen LogP contribution is -2.53. The van der Waals surface area contributed by atoms with Gasteiger partial charge in [-0.2, -0.15) is 0 Å². The molecule has 128 valence electrons. The smallest absolute Gasteiger partial charge is 0.325 e. The molecule has 2 amide bonds. The summed E-state index contributed by atoms with van der Waals surface area (Å²) in [6.07, 6.45) is -0.333. The Morgan fingerprint density at radius 2 is 2.00 bits per heavy atom. The van der Waals surface area contributed by atoms with Crippen LogP contribution in [0.5, 0.6) is 0 Å². The van der Waals surface area contributed by atoms with Crippen molar-refractivity contribution in [3.05, 3.63) is 46.4 Å². The lowest BCUT2D eigenvalue weighted by atomic mass is 10.2. The van der Waals surface area contributed by atoms with Gasteiger partial charge in [0.1, 0.15) is 17.4 Å². The predicted octanol–water partition coefficient (Wildman–Crippen LogP) is 2.63. The molecule has 0 fully saturated rings. The summed E-state index contributed by atoms with van der Waals surface area (Å²) in [7, 11) is 0. The standard InChI is InChI=1S/C17H22ClN5O/c1-4-19-15-13-16(21-14(20-13)10(2)3)23(17(24)22-15)9-11-5-7-12(18)8-6-11/h5-8,10,16,19H,4,9H2,1-3H3,(H,20,21)(H,22,24). The van der Waals surface area contributed by atoms with Gasteiger partial charge in [0, 0.05) is 24.0 Å². The Morgan fingerprint density at radius 1 is 1.29 bits per heavy atom. The van der Waals surface area contributed by atoms with Gasteiger partial charge in [-0.1, -0.05) is 37.6 Å². The number of hydrogen-bond donors (Lipinski definition) is 3. The van der Waals surface area contributed by atoms with Gasteiger partial charge >= 0.3 is 6.03 Å². The highest BCUT2D eigenvalue weighted by Gasteiger charge is 2.39. The molecule has 2 aliphatic rings. The third-order valence-corrected chi connectivity index (χ3v) is 4.26. The van der Waals surface area contributed by atoms with E-state index in [-0.39, 0.29) is 18.1 Å². The molecule has 1 aromatic carbocycles. The van der Waals surface area contributed by atoms with E-state index in [0.29, 0.717) is 17.4 Å². The molecule has 0 saturated heterocycles. The van der Waals surface area contributed by atoms with E-state index >= 15 is 0 Å². The van der Waals surface area contributed by atoms with Crippen LogP contribution < -0.4 is 16.0 Å². The molecule has 24 heavy (non-hydrogen) atoms. The number of urea groups is 1. The highest BCUT2D eigenvalue weighted by Crippen LogP contribution is 2.26. The van der Waals surface area contributed by atoms with Gasteiger partial charge in [0.05, 0.1) is 0 Å². The van der Waals surface area contributed by atoms with Crippen molar-refractivity contribution in [3.63, 3.8) is 0 Å². The van der Waals surface area contributed by atoms with E-state index in [1.807, 2.05) is 31.2 Å². The van der Waals surface area contributed by atoms with Crippen LogP contribution in [-0.4, -0.2) is 29.5 Å². The van der Waals surface area contributed by atoms with Gasteiger partial charge in [-0.05, 0) is 24.6 Å². The topological polar surface area (TPSA) is 68.8 Å². The lowest BCUT2D eigenvalue weighted by molar-refractivity contribution is 0.176. The SMILES string of the molecule is CCNC1=C2NC(C(C)C)=NC2N(Cc2ccc(Cl)cc2)C(=O)N1. The fourth-order valence-electron chi connectivity index (χ4n) is 2.76. The summed E-state index contributed by atoms with van der Waals surface area (Å²) in [6, 6.07) is 7.35. The van der Waals surface area contributed by atoms with Crippen molar-refractivity contribution in [2.24, 2.45) is 10.9 Å². The van der Waals surface area contributed by atoms with Crippen LogP contribution in [0.4, 0.5) is 4.79 Å². The number of nitrogens with one attached hydrogen (secondary N) is 3. The number of carbonyl (C=O) groups excluding carboxylic acids is 1. The molecule has 0 aliphatic carbocycles. The van der Waals surface area contributed by atoms with E-state index < -0.39 is 0 Å². The van der Waals surface area contributed by atoms with Crippen LogP contribution in [0.3, 0.4) is 0 Å². The first-order valence-corrected chi connectivity index (χ1v) is 8.52. The van der Waals surface area contributed by atoms with Gasteiger partial charge in [-0.25, -0.2) is 9.79 Å². The second-order valence-electron chi connectivity index (χ2n) is 6.17. The Morgan fingerprint density at radius 3 is 2.62 bits per heavy atom. The number of carbonyl (C=O) groups is 1. The molecular formula is C17H22ClN5O. The van der Waals surface area contributed by atoms with Gasteiger partial charge in [0.15, 0.2) is 6.17 Å². The summed E-state index contributed by atoms with van der Waals surface area (Å²) in [5, 5.41) is 10.2. The van der Waals surface area contributed by atoms with Crippen molar-refractivity contribution in [3.8, 4) is 0 Å². The minimum Gasteiger partial charge on any atom is -0.370 e. The monoisotopic (exact) mass is 347 g/mol. The van der Waals surface area contributed by atoms with Crippen LogP contribution in [0.2, 0.25) is 5.02 Å². The van der Waals surface area contributed by atoms with Crippen molar-refractivity contribution >= 4 is 23.5 Å². The quantitative estimate of drug-likeness (QED) is 0.767. The first-order chi connectivity index (χ1) is 11.5. The fraction of sp³-hybridized carbons (Fsp3) is 0.412. The number of fused-ring (bicyclic) bond motifs is 1. The van der Waals surface area contributed by atoms with Gasteiger partial charge in [0.2, 0.25) is 0 Å². The average Bonchev–Trinajstić information content (AvgIpc) is 2.99. The molecule has 1 atom stereocenters. The summed E-state index contributed by atoms with van der Waals surface area (Å²) < 4.78 is 0. The zero-order valence-electron chi connectivity index (χ0n) is 14.1. The van der Waals surface area contributed by atoms with E-state index in [1.165, 1.54) is 0 Å². The minimum absolute atomic E-state index is 0.162. The maximum Gasteiger partial charge on any atom is 0.325 e. The molecule has 7 heteroatoms. The van der Waals surface area contributed by atoms with Crippen molar-refractivity contribution in [1.29, 1.82) is 0 Å². The maximum atomic E-state index is 12.6. The van der Waals surface area contributed by atoms with Crippen molar-refractivity contribution in [2.75, 3.05) is 6.54 Å². The molecule has 3 N–H and O–H groups in total. The molecule has 2 heterocycles. The van der Waals surface area contributed by atoms with Crippen LogP contribution in [-0.2, 0) is 6.54 Å². The van der Waals surface area contributed by atoms with E-state index in [4.69, 9.17) is 16.6 Å². The number of halogens is 1. The summed E-state index contributed by atoms with van der Waals surface area (Å²) >= 11 is 5.94. The number of benzene rings is 1. The summed E-state index contributed by atoms with van der Waals surface area (Å²) in [6.45, 7) is 7.34. The largest absolute Gasteiger partial charge is 0.370 e. The molecule has 6 nitrogen and oxygen atoms in total. The molecule has 0 bridgehead atoms. The van der Waals surface area contributed by atoms with Crippen LogP contribution in [0.25, 0.3) is 0 Å². The first kappa shape index (κ1) is 16.6. The number of amides is 2. The Kier molecular flexibility index (Phi) is 4.66. The summed E-state index contributed by atoms with van der Waals surface area (Å²) in [5.74, 6) is 1.86. The molecule has 0 radical (unpaired) electrons. The molecule has 1 unspecified atom stereocenters. The normalized spacial score (nSPS) is 19.9. The zero-order chi connectivity index (χ0) is 17.3. The Hall–Kier alpha value is -2.21. The average molecular weight is 348 g/mol. The lowest BCUT2D eigenvalue weighted by Gasteiger charge is -2.34. The summed E-state index contributed by atoms with van der Waals surface area (Å²) in [4.78, 5) is 19.0. The Balaban J connectivity index is 1.91. The van der Waals surface area contributed by atoms with E-state index in [1.54, 1.807) is 4.90 Å². The summed E-state index contributed by atoms with van der Waals surface area (Å²) in [5.41, 5.74) is 1.91. The zero-order valence-corrected chi connectivity index (χ0v) is 14.8. The number of hydrogen-bond acceptors (Lipinski definition) is 4. The van der Waals surface area contributed by atoms with Gasteiger partial charge in [-0.15, -0.1) is 0 Å². The highest BCUT2D eigenvalue weighted by atomic mass is 35.5. The Labute approximate surface area is 147 Å². The Bertz CT molecular complexity index is 695. The van der Waals surface area contributed by atoms with Gasteiger partial charge in [0.25, 0.3) is 0 Å². The highest BCUT2D eigenvalue weighted by molar-refractivity contribution is 6.30. The van der Waals surface area contributed by atoms with Crippen LogP contribution in [0.15, 0.2) is 40.8 Å². The number of rotatable bonds is 5. The van der Waals surface area contributed by atoms with Gasteiger partial charge < -0.3 is 10.6 Å². The fourth-order valence-corrected chi connectivity index (χ4v) is 2.89. The third-order valence-electron chi connectivity index (χ3n) is 4.01. The van der Waals surface area contributed by atoms with E-state index in [2.05, 4.69) is 29.8 Å². The molecule has 0 saturated carbocycles. The van der Waals surface area contributed by atoms with Crippen LogP contribution >= 0.6 is 11.6 Å². The second kappa shape index (κ2) is 6.73. The van der Waals surface area contributed by atoms with Crippen molar-refractivity contribution in [2.45, 2.75) is 33.5 Å².